The monoisotopic (exact) mass is 530 g/mol. The van der Waals surface area contributed by atoms with Gasteiger partial charge in [0.05, 0.1) is 19.0 Å². The summed E-state index contributed by atoms with van der Waals surface area (Å²) in [5.41, 5.74) is 0. The van der Waals surface area contributed by atoms with Crippen LogP contribution in [0.25, 0.3) is 21.5 Å². The molecule has 0 bridgehead atoms. The minimum atomic E-state index is 0. The summed E-state index contributed by atoms with van der Waals surface area (Å²) in [6.07, 6.45) is 2.84. The van der Waals surface area contributed by atoms with Crippen molar-refractivity contribution in [1.82, 2.24) is 0 Å². The Balaban J connectivity index is 0.000000279. The van der Waals surface area contributed by atoms with E-state index in [-0.39, 0.29) is 7.43 Å². The van der Waals surface area contributed by atoms with Gasteiger partial charge in [0.2, 0.25) is 0 Å². The van der Waals surface area contributed by atoms with Crippen molar-refractivity contribution in [2.75, 3.05) is 26.4 Å². The van der Waals surface area contributed by atoms with Crippen LogP contribution in [-0.4, -0.2) is 32.5 Å². The fourth-order valence-electron chi connectivity index (χ4n) is 4.16. The van der Waals surface area contributed by atoms with Gasteiger partial charge in [0.25, 0.3) is 0 Å². The molecule has 1 unspecified atom stereocenters. The largest absolute Gasteiger partial charge is 0.498 e. The lowest BCUT2D eigenvalue weighted by Gasteiger charge is -2.23. The number of hydrogen-bond donors (Lipinski definition) is 0. The minimum absolute atomic E-state index is 0. The third-order valence-corrected chi connectivity index (χ3v) is 6.16. The van der Waals surface area contributed by atoms with Crippen LogP contribution in [-0.2, 0) is 9.47 Å². The number of ether oxygens (including phenoxy) is 4. The summed E-state index contributed by atoms with van der Waals surface area (Å²) < 4.78 is 22.3. The Morgan fingerprint density at radius 3 is 1.59 bits per heavy atom. The predicted octanol–water partition coefficient (Wildman–Crippen LogP) is 9.32. The molecule has 0 heterocycles. The molecular formula is C35H46O4. The van der Waals surface area contributed by atoms with E-state index < -0.39 is 0 Å². The smallest absolute Gasteiger partial charge is 0.122 e. The van der Waals surface area contributed by atoms with Crippen molar-refractivity contribution in [2.24, 2.45) is 11.8 Å². The average Bonchev–Trinajstić information content (AvgIpc) is 2.92. The van der Waals surface area contributed by atoms with Crippen molar-refractivity contribution < 1.29 is 18.9 Å². The van der Waals surface area contributed by atoms with Crippen LogP contribution < -0.4 is 9.47 Å². The number of fused-ring (bicyclic) bond motifs is 2. The van der Waals surface area contributed by atoms with E-state index in [0.29, 0.717) is 44.4 Å². The van der Waals surface area contributed by atoms with E-state index in [1.54, 1.807) is 0 Å². The highest BCUT2D eigenvalue weighted by molar-refractivity contribution is 5.84. The topological polar surface area (TPSA) is 36.9 Å². The molecule has 0 saturated heterocycles. The summed E-state index contributed by atoms with van der Waals surface area (Å²) in [5.74, 6) is 2.98. The maximum atomic E-state index is 6.00. The average molecular weight is 531 g/mol. The number of rotatable bonds is 13. The van der Waals surface area contributed by atoms with E-state index in [4.69, 9.17) is 18.9 Å². The minimum Gasteiger partial charge on any atom is -0.498 e. The van der Waals surface area contributed by atoms with Crippen LogP contribution in [0, 0.1) is 11.8 Å². The Kier molecular flexibility index (Phi) is 14.0. The number of benzene rings is 4. The molecule has 39 heavy (non-hydrogen) atoms. The normalized spacial score (nSPS) is 11.4. The first-order valence-corrected chi connectivity index (χ1v) is 13.5. The summed E-state index contributed by atoms with van der Waals surface area (Å²) in [4.78, 5) is 0. The van der Waals surface area contributed by atoms with E-state index in [1.807, 2.05) is 36.4 Å². The Morgan fingerprint density at radius 2 is 1.13 bits per heavy atom. The van der Waals surface area contributed by atoms with Crippen LogP contribution in [0.1, 0.15) is 41.5 Å². The summed E-state index contributed by atoms with van der Waals surface area (Å²) in [7, 11) is 0. The molecule has 4 nitrogen and oxygen atoms in total. The molecule has 1 atom stereocenters. The third kappa shape index (κ3) is 11.0. The SMILES string of the molecule is C.C=COCCOc1ccc2ccccc2c1.CC(C)CC(OCCOc1ccc2ccccc2c1)C(C)C. The first-order valence-electron chi connectivity index (χ1n) is 13.5. The second-order valence-electron chi connectivity index (χ2n) is 10.0. The molecular weight excluding hydrogens is 484 g/mol. The molecule has 0 aliphatic carbocycles. The van der Waals surface area contributed by atoms with Crippen LogP contribution in [0.4, 0.5) is 0 Å². The maximum absolute atomic E-state index is 6.00. The Bertz CT molecular complexity index is 1250. The first-order chi connectivity index (χ1) is 18.5. The molecule has 4 heteroatoms. The lowest BCUT2D eigenvalue weighted by molar-refractivity contribution is -0.00431. The van der Waals surface area contributed by atoms with Crippen molar-refractivity contribution >= 4 is 21.5 Å². The molecule has 210 valence electrons. The van der Waals surface area contributed by atoms with Crippen LogP contribution in [0.3, 0.4) is 0 Å². The maximum Gasteiger partial charge on any atom is 0.122 e. The van der Waals surface area contributed by atoms with Gasteiger partial charge in [-0.15, -0.1) is 0 Å². The molecule has 4 rings (SSSR count). The molecule has 0 fully saturated rings. The van der Waals surface area contributed by atoms with Gasteiger partial charge in [0.15, 0.2) is 0 Å². The molecule has 4 aromatic carbocycles. The zero-order valence-electron chi connectivity index (χ0n) is 23.3. The van der Waals surface area contributed by atoms with Gasteiger partial charge in [-0.3, -0.25) is 0 Å². The molecule has 0 aliphatic heterocycles. The molecule has 0 saturated carbocycles. The van der Waals surface area contributed by atoms with Gasteiger partial charge in [0.1, 0.15) is 31.3 Å². The summed E-state index contributed by atoms with van der Waals surface area (Å²) >= 11 is 0. The highest BCUT2D eigenvalue weighted by Crippen LogP contribution is 2.22. The van der Waals surface area contributed by atoms with Crippen LogP contribution in [0.15, 0.2) is 97.8 Å². The van der Waals surface area contributed by atoms with E-state index >= 15 is 0 Å². The van der Waals surface area contributed by atoms with Gasteiger partial charge in [-0.1, -0.05) is 102 Å². The molecule has 0 spiro atoms. The van der Waals surface area contributed by atoms with Crippen molar-refractivity contribution in [3.05, 3.63) is 97.8 Å². The van der Waals surface area contributed by atoms with E-state index in [1.165, 1.54) is 27.8 Å². The van der Waals surface area contributed by atoms with E-state index in [9.17, 15) is 0 Å². The van der Waals surface area contributed by atoms with Gasteiger partial charge >= 0.3 is 0 Å². The fourth-order valence-corrected chi connectivity index (χ4v) is 4.16. The van der Waals surface area contributed by atoms with Gasteiger partial charge in [-0.25, -0.2) is 0 Å². The van der Waals surface area contributed by atoms with E-state index in [0.717, 1.165) is 17.9 Å². The van der Waals surface area contributed by atoms with Crippen LogP contribution in [0.5, 0.6) is 11.5 Å². The molecule has 0 N–H and O–H groups in total. The van der Waals surface area contributed by atoms with Crippen molar-refractivity contribution in [2.45, 2.75) is 47.6 Å². The first kappa shape index (κ1) is 31.7. The van der Waals surface area contributed by atoms with Crippen LogP contribution >= 0.6 is 0 Å². The molecule has 0 aromatic heterocycles. The zero-order valence-corrected chi connectivity index (χ0v) is 23.3. The van der Waals surface area contributed by atoms with Gasteiger partial charge < -0.3 is 18.9 Å². The van der Waals surface area contributed by atoms with Gasteiger partial charge in [-0.2, -0.15) is 0 Å². The molecule has 0 aliphatic rings. The standard InChI is InChI=1S/C20H28O2.C14H14O2.CH4/c1-15(2)13-20(16(3)4)22-12-11-21-19-10-9-17-7-5-6-8-18(17)14-19;1-2-15-9-10-16-14-8-7-12-5-3-4-6-13(12)11-14;/h5-10,14-16,20H,11-13H2,1-4H3;2-8,11H,1,9-10H2;1H4. The highest BCUT2D eigenvalue weighted by Gasteiger charge is 2.15. The third-order valence-electron chi connectivity index (χ3n) is 6.16. The fraction of sp³-hybridized carbons (Fsp3) is 0.371. The highest BCUT2D eigenvalue weighted by atomic mass is 16.5. The van der Waals surface area contributed by atoms with Gasteiger partial charge in [-0.05, 0) is 64.1 Å². The summed E-state index contributed by atoms with van der Waals surface area (Å²) in [6.45, 7) is 14.7. The molecule has 0 amide bonds. The molecule has 0 radical (unpaired) electrons. The second kappa shape index (κ2) is 17.2. The lowest BCUT2D eigenvalue weighted by atomic mass is 9.97. The summed E-state index contributed by atoms with van der Waals surface area (Å²) in [6, 6.07) is 28.8. The lowest BCUT2D eigenvalue weighted by Crippen LogP contribution is -2.24. The van der Waals surface area contributed by atoms with Crippen molar-refractivity contribution in [3.63, 3.8) is 0 Å². The van der Waals surface area contributed by atoms with Crippen molar-refractivity contribution in [3.8, 4) is 11.5 Å². The number of hydrogen-bond acceptors (Lipinski definition) is 4. The Morgan fingerprint density at radius 1 is 0.641 bits per heavy atom. The quantitative estimate of drug-likeness (QED) is 0.127. The van der Waals surface area contributed by atoms with Crippen molar-refractivity contribution in [1.29, 1.82) is 0 Å². The van der Waals surface area contributed by atoms with Crippen LogP contribution in [0.2, 0.25) is 0 Å². The Labute approximate surface area is 235 Å². The van der Waals surface area contributed by atoms with E-state index in [2.05, 4.69) is 82.8 Å². The Hall–Kier alpha value is -3.50. The summed E-state index contributed by atoms with van der Waals surface area (Å²) in [5, 5.41) is 4.85. The molecule has 4 aromatic rings. The van der Waals surface area contributed by atoms with Gasteiger partial charge in [0, 0.05) is 0 Å². The second-order valence-corrected chi connectivity index (χ2v) is 10.0. The predicted molar refractivity (Wildman–Crippen MR) is 166 cm³/mol. The zero-order chi connectivity index (χ0) is 27.2.